The lowest BCUT2D eigenvalue weighted by molar-refractivity contribution is -0.151. The van der Waals surface area contributed by atoms with Crippen LogP contribution in [0.1, 0.15) is 40.0 Å². The number of fused-ring (bicyclic) bond motifs is 2. The highest BCUT2D eigenvalue weighted by atomic mass is 32.2. The Hall–Kier alpha value is -0.620. The highest BCUT2D eigenvalue weighted by molar-refractivity contribution is 7.87. The molecule has 0 spiro atoms. The van der Waals surface area contributed by atoms with Crippen LogP contribution in [0.3, 0.4) is 0 Å². The van der Waals surface area contributed by atoms with Crippen LogP contribution in [-0.4, -0.2) is 31.7 Å². The zero-order valence-corrected chi connectivity index (χ0v) is 12.8. The van der Waals surface area contributed by atoms with E-state index in [1.165, 1.54) is 7.05 Å². The van der Waals surface area contributed by atoms with E-state index in [-0.39, 0.29) is 18.2 Å². The minimum absolute atomic E-state index is 0.176. The Bertz CT molecular complexity index is 459. The first-order valence-electron chi connectivity index (χ1n) is 6.97. The molecule has 1 amide bonds. The molecule has 5 unspecified atom stereocenters. The topological polar surface area (TPSA) is 63.7 Å². The summed E-state index contributed by atoms with van der Waals surface area (Å²) in [6.07, 6.45) is 1.88. The summed E-state index contributed by atoms with van der Waals surface area (Å²) in [6, 6.07) is 0. The Labute approximate surface area is 115 Å². The van der Waals surface area contributed by atoms with E-state index in [9.17, 15) is 13.2 Å². The van der Waals surface area contributed by atoms with Crippen LogP contribution in [0.5, 0.6) is 0 Å². The van der Waals surface area contributed by atoms with Crippen LogP contribution in [0.4, 0.5) is 0 Å². The van der Waals surface area contributed by atoms with Crippen LogP contribution < -0.4 is 0 Å². The van der Waals surface area contributed by atoms with Gasteiger partial charge in [-0.15, -0.1) is 4.28 Å². The van der Waals surface area contributed by atoms with E-state index in [1.54, 1.807) is 6.92 Å². The largest absolute Gasteiger partial charge is 0.291 e. The standard InChI is InChI=1S/C13H23NO4S/c1-5-13(15)14(4)18-19(16,17)12-7-10-6-11(12)9(3)8(10)2/h8-12H,5-7H2,1-4H3. The third-order valence-electron chi connectivity index (χ3n) is 5.08. The Morgan fingerprint density at radius 2 is 1.89 bits per heavy atom. The second-order valence-electron chi connectivity index (χ2n) is 5.96. The maximum atomic E-state index is 12.3. The molecular formula is C13H23NO4S. The Balaban J connectivity index is 2.08. The molecular weight excluding hydrogens is 266 g/mol. The highest BCUT2D eigenvalue weighted by Gasteiger charge is 2.54. The molecule has 19 heavy (non-hydrogen) atoms. The van der Waals surface area contributed by atoms with E-state index in [4.69, 9.17) is 4.28 Å². The van der Waals surface area contributed by atoms with Gasteiger partial charge >= 0.3 is 0 Å². The molecule has 0 aromatic carbocycles. The molecule has 0 saturated heterocycles. The summed E-state index contributed by atoms with van der Waals surface area (Å²) in [5.41, 5.74) is 0. The molecule has 0 N–H and O–H groups in total. The normalized spacial score (nSPS) is 37.6. The first-order valence-corrected chi connectivity index (χ1v) is 8.45. The van der Waals surface area contributed by atoms with E-state index in [0.717, 1.165) is 11.5 Å². The molecule has 2 aliphatic rings. The lowest BCUT2D eigenvalue weighted by atomic mass is 9.81. The predicted octanol–water partition coefficient (Wildman–Crippen LogP) is 1.80. The summed E-state index contributed by atoms with van der Waals surface area (Å²) in [4.78, 5) is 11.4. The van der Waals surface area contributed by atoms with Gasteiger partial charge in [-0.25, -0.2) is 5.06 Å². The number of amides is 1. The molecule has 2 bridgehead atoms. The SMILES string of the molecule is CCC(=O)N(C)OS(=O)(=O)C1CC2CC1C(C)C2C. The van der Waals surface area contributed by atoms with Crippen molar-refractivity contribution in [3.63, 3.8) is 0 Å². The van der Waals surface area contributed by atoms with Gasteiger partial charge in [0.2, 0.25) is 5.91 Å². The number of carbonyl (C=O) groups excluding carboxylic acids is 1. The van der Waals surface area contributed by atoms with E-state index in [0.29, 0.717) is 24.2 Å². The average Bonchev–Trinajstić information content (AvgIpc) is 2.89. The molecule has 2 aliphatic carbocycles. The molecule has 0 radical (unpaired) electrons. The van der Waals surface area contributed by atoms with Crippen molar-refractivity contribution >= 4 is 16.0 Å². The number of hydroxylamine groups is 2. The molecule has 6 heteroatoms. The van der Waals surface area contributed by atoms with E-state index < -0.39 is 15.4 Å². The van der Waals surface area contributed by atoms with Crippen molar-refractivity contribution in [2.75, 3.05) is 7.05 Å². The monoisotopic (exact) mass is 289 g/mol. The molecule has 0 aromatic heterocycles. The Morgan fingerprint density at radius 1 is 1.26 bits per heavy atom. The molecule has 0 aliphatic heterocycles. The fourth-order valence-electron chi connectivity index (χ4n) is 3.68. The molecule has 2 rings (SSSR count). The van der Waals surface area contributed by atoms with Gasteiger partial charge in [-0.1, -0.05) is 20.8 Å². The molecule has 5 atom stereocenters. The molecule has 0 aromatic rings. The molecule has 2 fully saturated rings. The number of hydrogen-bond acceptors (Lipinski definition) is 4. The van der Waals surface area contributed by atoms with Gasteiger partial charge < -0.3 is 0 Å². The third-order valence-corrected chi connectivity index (χ3v) is 6.79. The van der Waals surface area contributed by atoms with Gasteiger partial charge in [-0.2, -0.15) is 8.42 Å². The summed E-state index contributed by atoms with van der Waals surface area (Å²) < 4.78 is 29.5. The number of nitrogens with zero attached hydrogens (tertiary/aromatic N) is 1. The van der Waals surface area contributed by atoms with Gasteiger partial charge in [0.1, 0.15) is 0 Å². The van der Waals surface area contributed by atoms with Crippen molar-refractivity contribution in [2.24, 2.45) is 23.7 Å². The van der Waals surface area contributed by atoms with E-state index in [1.807, 2.05) is 0 Å². The van der Waals surface area contributed by atoms with Crippen LogP contribution in [0, 0.1) is 23.7 Å². The van der Waals surface area contributed by atoms with Crippen molar-refractivity contribution in [2.45, 2.75) is 45.3 Å². The fourth-order valence-corrected chi connectivity index (χ4v) is 5.46. The molecule has 0 heterocycles. The van der Waals surface area contributed by atoms with Crippen LogP contribution in [0.25, 0.3) is 0 Å². The van der Waals surface area contributed by atoms with Crippen molar-refractivity contribution < 1.29 is 17.5 Å². The molecule has 2 saturated carbocycles. The van der Waals surface area contributed by atoms with Gasteiger partial charge in [0, 0.05) is 13.5 Å². The van der Waals surface area contributed by atoms with Gasteiger partial charge in [0.15, 0.2) is 0 Å². The van der Waals surface area contributed by atoms with Gasteiger partial charge in [-0.05, 0) is 36.5 Å². The Morgan fingerprint density at radius 3 is 2.37 bits per heavy atom. The summed E-state index contributed by atoms with van der Waals surface area (Å²) in [5.74, 6) is 1.33. The van der Waals surface area contributed by atoms with E-state index >= 15 is 0 Å². The van der Waals surface area contributed by atoms with Gasteiger partial charge in [-0.3, -0.25) is 4.79 Å². The quantitative estimate of drug-likeness (QED) is 0.740. The summed E-state index contributed by atoms with van der Waals surface area (Å²) in [7, 11) is -2.33. The molecule has 110 valence electrons. The minimum Gasteiger partial charge on any atom is -0.273 e. The average molecular weight is 289 g/mol. The van der Waals surface area contributed by atoms with Crippen LogP contribution in [0.2, 0.25) is 0 Å². The maximum absolute atomic E-state index is 12.3. The van der Waals surface area contributed by atoms with Crippen molar-refractivity contribution in [1.82, 2.24) is 5.06 Å². The number of rotatable bonds is 4. The van der Waals surface area contributed by atoms with E-state index in [2.05, 4.69) is 13.8 Å². The van der Waals surface area contributed by atoms with Crippen LogP contribution in [0.15, 0.2) is 0 Å². The summed E-state index contributed by atoms with van der Waals surface area (Å²) in [5, 5.41) is 0.408. The lowest BCUT2D eigenvalue weighted by Crippen LogP contribution is -2.39. The smallest absolute Gasteiger partial charge is 0.273 e. The second-order valence-corrected chi connectivity index (χ2v) is 7.70. The maximum Gasteiger partial charge on any atom is 0.291 e. The highest BCUT2D eigenvalue weighted by Crippen LogP contribution is 2.54. The first-order chi connectivity index (χ1) is 8.77. The van der Waals surface area contributed by atoms with Crippen molar-refractivity contribution in [3.8, 4) is 0 Å². The predicted molar refractivity (Wildman–Crippen MR) is 71.4 cm³/mol. The number of carbonyl (C=O) groups is 1. The Kier molecular flexibility index (Phi) is 3.93. The zero-order chi connectivity index (χ0) is 14.4. The summed E-state index contributed by atoms with van der Waals surface area (Å²) >= 11 is 0. The van der Waals surface area contributed by atoms with Gasteiger partial charge in [0.05, 0.1) is 5.25 Å². The van der Waals surface area contributed by atoms with Crippen LogP contribution in [-0.2, 0) is 19.2 Å². The first kappa shape index (κ1) is 14.8. The minimum atomic E-state index is -3.70. The van der Waals surface area contributed by atoms with Gasteiger partial charge in [0.25, 0.3) is 10.1 Å². The van der Waals surface area contributed by atoms with Crippen LogP contribution >= 0.6 is 0 Å². The molecule has 5 nitrogen and oxygen atoms in total. The van der Waals surface area contributed by atoms with Crippen molar-refractivity contribution in [3.05, 3.63) is 0 Å². The fraction of sp³-hybridized carbons (Fsp3) is 0.923. The lowest BCUT2D eigenvalue weighted by Gasteiger charge is -2.31. The second kappa shape index (κ2) is 5.05. The number of hydrogen-bond donors (Lipinski definition) is 0. The zero-order valence-electron chi connectivity index (χ0n) is 12.0. The summed E-state index contributed by atoms with van der Waals surface area (Å²) in [6.45, 7) is 6.00. The third kappa shape index (κ3) is 2.52. The van der Waals surface area contributed by atoms with Crippen molar-refractivity contribution in [1.29, 1.82) is 0 Å².